The standard InChI is InChI=1S/C15H20N2O3/c1-3-13(15(19)20)17(2)14(18)11-6-4-8-12-10(11)7-5-9-16-12/h4,6,8,13,16H,3,5,7,9H2,1-2H3,(H,19,20). The molecule has 1 aromatic rings. The Morgan fingerprint density at radius 1 is 1.45 bits per heavy atom. The van der Waals surface area contributed by atoms with Gasteiger partial charge in [0, 0.05) is 24.8 Å². The van der Waals surface area contributed by atoms with Gasteiger partial charge in [-0.05, 0) is 37.0 Å². The van der Waals surface area contributed by atoms with E-state index in [9.17, 15) is 14.7 Å². The SMILES string of the molecule is CCC(C(=O)O)N(C)C(=O)c1cccc2c1CCCN2. The van der Waals surface area contributed by atoms with Gasteiger partial charge in [-0.15, -0.1) is 0 Å². The number of rotatable bonds is 4. The summed E-state index contributed by atoms with van der Waals surface area (Å²) >= 11 is 0. The van der Waals surface area contributed by atoms with E-state index < -0.39 is 12.0 Å². The molecule has 20 heavy (non-hydrogen) atoms. The van der Waals surface area contributed by atoms with Gasteiger partial charge in [0.25, 0.3) is 5.91 Å². The zero-order valence-corrected chi connectivity index (χ0v) is 11.8. The highest BCUT2D eigenvalue weighted by Crippen LogP contribution is 2.26. The molecule has 108 valence electrons. The van der Waals surface area contributed by atoms with E-state index in [1.54, 1.807) is 20.0 Å². The van der Waals surface area contributed by atoms with E-state index in [0.29, 0.717) is 12.0 Å². The van der Waals surface area contributed by atoms with E-state index in [1.165, 1.54) is 4.90 Å². The van der Waals surface area contributed by atoms with Gasteiger partial charge in [0.15, 0.2) is 0 Å². The van der Waals surface area contributed by atoms with Gasteiger partial charge in [0.2, 0.25) is 0 Å². The maximum atomic E-state index is 12.6. The van der Waals surface area contributed by atoms with E-state index in [-0.39, 0.29) is 5.91 Å². The molecule has 2 rings (SSSR count). The molecule has 1 amide bonds. The summed E-state index contributed by atoms with van der Waals surface area (Å²) in [5.41, 5.74) is 2.59. The zero-order valence-electron chi connectivity index (χ0n) is 11.8. The van der Waals surface area contributed by atoms with Crippen LogP contribution in [0.15, 0.2) is 18.2 Å². The predicted octanol–water partition coefficient (Wildman–Crippen LogP) is 1.98. The van der Waals surface area contributed by atoms with E-state index in [1.807, 2.05) is 12.1 Å². The minimum atomic E-state index is -0.966. The maximum Gasteiger partial charge on any atom is 0.326 e. The van der Waals surface area contributed by atoms with Crippen molar-refractivity contribution in [3.05, 3.63) is 29.3 Å². The van der Waals surface area contributed by atoms with Crippen molar-refractivity contribution in [1.29, 1.82) is 0 Å². The maximum absolute atomic E-state index is 12.6. The lowest BCUT2D eigenvalue weighted by Gasteiger charge is -2.27. The van der Waals surface area contributed by atoms with Crippen molar-refractivity contribution in [3.63, 3.8) is 0 Å². The molecular formula is C15H20N2O3. The van der Waals surface area contributed by atoms with Crippen LogP contribution in [0, 0.1) is 0 Å². The van der Waals surface area contributed by atoms with Crippen LogP contribution in [0.2, 0.25) is 0 Å². The molecule has 5 heteroatoms. The molecule has 1 atom stereocenters. The van der Waals surface area contributed by atoms with Gasteiger partial charge in [-0.1, -0.05) is 13.0 Å². The van der Waals surface area contributed by atoms with Crippen molar-refractivity contribution >= 4 is 17.6 Å². The van der Waals surface area contributed by atoms with Crippen LogP contribution >= 0.6 is 0 Å². The number of fused-ring (bicyclic) bond motifs is 1. The Morgan fingerprint density at radius 2 is 2.20 bits per heavy atom. The van der Waals surface area contributed by atoms with Gasteiger partial charge in [-0.2, -0.15) is 0 Å². The van der Waals surface area contributed by atoms with Gasteiger partial charge in [0.05, 0.1) is 0 Å². The Bertz CT molecular complexity index is 528. The molecular weight excluding hydrogens is 256 g/mol. The van der Waals surface area contributed by atoms with E-state index in [0.717, 1.165) is 30.6 Å². The van der Waals surface area contributed by atoms with Crippen molar-refractivity contribution in [3.8, 4) is 0 Å². The minimum Gasteiger partial charge on any atom is -0.480 e. The summed E-state index contributed by atoms with van der Waals surface area (Å²) < 4.78 is 0. The van der Waals surface area contributed by atoms with Crippen LogP contribution in [0.5, 0.6) is 0 Å². The topological polar surface area (TPSA) is 69.6 Å². The first-order valence-corrected chi connectivity index (χ1v) is 6.92. The van der Waals surface area contributed by atoms with Crippen LogP contribution < -0.4 is 5.32 Å². The second kappa shape index (κ2) is 5.94. The smallest absolute Gasteiger partial charge is 0.326 e. The molecule has 0 saturated heterocycles. The van der Waals surface area contributed by atoms with Crippen molar-refractivity contribution in [2.75, 3.05) is 18.9 Å². The van der Waals surface area contributed by atoms with Crippen LogP contribution in [0.1, 0.15) is 35.7 Å². The Hall–Kier alpha value is -2.04. The minimum absolute atomic E-state index is 0.222. The lowest BCUT2D eigenvalue weighted by molar-refractivity contribution is -0.142. The summed E-state index contributed by atoms with van der Waals surface area (Å²) in [6.45, 7) is 2.68. The molecule has 0 saturated carbocycles. The molecule has 1 unspecified atom stereocenters. The Morgan fingerprint density at radius 3 is 2.85 bits per heavy atom. The first-order valence-electron chi connectivity index (χ1n) is 6.92. The van der Waals surface area contributed by atoms with Crippen LogP contribution in [-0.4, -0.2) is 41.5 Å². The quantitative estimate of drug-likeness (QED) is 0.882. The van der Waals surface area contributed by atoms with Crippen molar-refractivity contribution in [2.24, 2.45) is 0 Å². The molecule has 0 fully saturated rings. The molecule has 1 aromatic carbocycles. The fourth-order valence-corrected chi connectivity index (χ4v) is 2.66. The molecule has 0 aliphatic carbocycles. The summed E-state index contributed by atoms with van der Waals surface area (Å²) in [6, 6.07) is 4.79. The van der Waals surface area contributed by atoms with Crippen LogP contribution in [-0.2, 0) is 11.2 Å². The largest absolute Gasteiger partial charge is 0.480 e. The monoisotopic (exact) mass is 276 g/mol. The average Bonchev–Trinajstić information content (AvgIpc) is 2.46. The van der Waals surface area contributed by atoms with Crippen molar-refractivity contribution < 1.29 is 14.7 Å². The zero-order chi connectivity index (χ0) is 14.7. The summed E-state index contributed by atoms with van der Waals surface area (Å²) in [5.74, 6) is -1.19. The third-order valence-corrected chi connectivity index (χ3v) is 3.79. The number of carbonyl (C=O) groups is 2. The Kier molecular flexibility index (Phi) is 4.27. The number of anilines is 1. The molecule has 0 bridgehead atoms. The molecule has 5 nitrogen and oxygen atoms in total. The second-order valence-electron chi connectivity index (χ2n) is 5.04. The molecule has 0 spiro atoms. The summed E-state index contributed by atoms with van der Waals surface area (Å²) in [7, 11) is 1.56. The normalized spacial score (nSPS) is 14.9. The first kappa shape index (κ1) is 14.4. The molecule has 0 radical (unpaired) electrons. The first-order chi connectivity index (χ1) is 9.56. The number of benzene rings is 1. The van der Waals surface area contributed by atoms with Crippen LogP contribution in [0.4, 0.5) is 5.69 Å². The number of hydrogen-bond donors (Lipinski definition) is 2. The number of nitrogens with one attached hydrogen (secondary N) is 1. The fourth-order valence-electron chi connectivity index (χ4n) is 2.66. The number of carboxylic acids is 1. The van der Waals surface area contributed by atoms with Gasteiger partial charge in [0.1, 0.15) is 6.04 Å². The van der Waals surface area contributed by atoms with Crippen molar-refractivity contribution in [2.45, 2.75) is 32.2 Å². The molecule has 1 heterocycles. The van der Waals surface area contributed by atoms with E-state index >= 15 is 0 Å². The highest BCUT2D eigenvalue weighted by Gasteiger charge is 2.27. The number of likely N-dealkylation sites (N-methyl/N-ethyl adjacent to an activating group) is 1. The van der Waals surface area contributed by atoms with E-state index in [4.69, 9.17) is 0 Å². The second-order valence-corrected chi connectivity index (χ2v) is 5.04. The van der Waals surface area contributed by atoms with Crippen molar-refractivity contribution in [1.82, 2.24) is 4.90 Å². The average molecular weight is 276 g/mol. The predicted molar refractivity (Wildman–Crippen MR) is 77.1 cm³/mol. The third kappa shape index (κ3) is 2.61. The van der Waals surface area contributed by atoms with Crippen LogP contribution in [0.3, 0.4) is 0 Å². The number of amides is 1. The molecule has 1 aliphatic rings. The Balaban J connectivity index is 2.31. The van der Waals surface area contributed by atoms with Crippen LogP contribution in [0.25, 0.3) is 0 Å². The lowest BCUT2D eigenvalue weighted by atomic mass is 9.96. The lowest BCUT2D eigenvalue weighted by Crippen LogP contribution is -2.42. The molecule has 0 aromatic heterocycles. The highest BCUT2D eigenvalue weighted by molar-refractivity contribution is 5.99. The van der Waals surface area contributed by atoms with Gasteiger partial charge in [-0.3, -0.25) is 4.79 Å². The number of hydrogen-bond acceptors (Lipinski definition) is 3. The van der Waals surface area contributed by atoms with Gasteiger partial charge >= 0.3 is 5.97 Å². The molecule has 2 N–H and O–H groups in total. The fraction of sp³-hybridized carbons (Fsp3) is 0.467. The number of carbonyl (C=O) groups excluding carboxylic acids is 1. The number of nitrogens with zero attached hydrogens (tertiary/aromatic N) is 1. The summed E-state index contributed by atoms with van der Waals surface area (Å²) in [4.78, 5) is 25.1. The van der Waals surface area contributed by atoms with E-state index in [2.05, 4.69) is 5.32 Å². The van der Waals surface area contributed by atoms with Gasteiger partial charge < -0.3 is 15.3 Å². The Labute approximate surface area is 118 Å². The molecule has 1 aliphatic heterocycles. The highest BCUT2D eigenvalue weighted by atomic mass is 16.4. The number of carboxylic acid groups (broad SMARTS) is 1. The van der Waals surface area contributed by atoms with Gasteiger partial charge in [-0.25, -0.2) is 4.79 Å². The third-order valence-electron chi connectivity index (χ3n) is 3.79. The summed E-state index contributed by atoms with van der Waals surface area (Å²) in [6.07, 6.45) is 2.23. The number of aliphatic carboxylic acids is 1. The summed E-state index contributed by atoms with van der Waals surface area (Å²) in [5, 5.41) is 12.4.